The average Bonchev–Trinajstić information content (AvgIpc) is 3.09. The van der Waals surface area contributed by atoms with E-state index < -0.39 is 0 Å². The van der Waals surface area contributed by atoms with Crippen molar-refractivity contribution >= 4 is 17.4 Å². The van der Waals surface area contributed by atoms with E-state index in [0.29, 0.717) is 12.2 Å². The van der Waals surface area contributed by atoms with Crippen molar-refractivity contribution in [2.24, 2.45) is 0 Å². The highest BCUT2D eigenvalue weighted by atomic mass is 16.5. The zero-order valence-electron chi connectivity index (χ0n) is 18.3. The maximum atomic E-state index is 12.6. The lowest BCUT2D eigenvalue weighted by Gasteiger charge is -2.36. The summed E-state index contributed by atoms with van der Waals surface area (Å²) in [6.45, 7) is 9.89. The van der Waals surface area contributed by atoms with Crippen LogP contribution in [0.2, 0.25) is 0 Å². The third-order valence-electron chi connectivity index (χ3n) is 5.58. The van der Waals surface area contributed by atoms with Crippen LogP contribution in [-0.4, -0.2) is 50.8 Å². The summed E-state index contributed by atoms with van der Waals surface area (Å²) in [5.74, 6) is 0.810. The largest absolute Gasteiger partial charge is 0.372 e. The number of rotatable bonds is 5. The van der Waals surface area contributed by atoms with Crippen LogP contribution in [0.15, 0.2) is 29.2 Å². The monoisotopic (exact) mass is 424 g/mol. The molecule has 1 fully saturated rings. The fraction of sp³-hybridized carbons (Fsp3) is 0.455. The summed E-state index contributed by atoms with van der Waals surface area (Å²) in [7, 11) is 0. The highest BCUT2D eigenvalue weighted by Crippen LogP contribution is 2.18. The number of amides is 1. The fourth-order valence-electron chi connectivity index (χ4n) is 4.11. The van der Waals surface area contributed by atoms with Gasteiger partial charge in [0.1, 0.15) is 5.82 Å². The van der Waals surface area contributed by atoms with Gasteiger partial charge in [-0.05, 0) is 39.3 Å². The van der Waals surface area contributed by atoms with Crippen molar-refractivity contribution in [3.05, 3.63) is 57.3 Å². The highest BCUT2D eigenvalue weighted by molar-refractivity contribution is 5.79. The Balaban J connectivity index is 1.38. The van der Waals surface area contributed by atoms with E-state index in [-0.39, 0.29) is 30.1 Å². The van der Waals surface area contributed by atoms with Crippen LogP contribution in [0.1, 0.15) is 36.4 Å². The lowest BCUT2D eigenvalue weighted by Crippen LogP contribution is -2.45. The average molecular weight is 425 g/mol. The number of pyridine rings is 1. The Morgan fingerprint density at radius 1 is 1.26 bits per heavy atom. The number of anilines is 1. The van der Waals surface area contributed by atoms with Gasteiger partial charge in [0.15, 0.2) is 5.65 Å². The molecule has 3 aromatic rings. The van der Waals surface area contributed by atoms with E-state index >= 15 is 0 Å². The van der Waals surface area contributed by atoms with Crippen LogP contribution in [0.4, 0.5) is 5.82 Å². The molecule has 0 bridgehead atoms. The van der Waals surface area contributed by atoms with Crippen LogP contribution in [0.5, 0.6) is 0 Å². The SMILES string of the molecule is Cc1nc2cc(=O)[nH]n2c(C)c1CC(=O)NCc1ccc(N2CC(C)OC(C)C2)nc1. The molecule has 164 valence electrons. The van der Waals surface area contributed by atoms with Crippen molar-refractivity contribution in [1.82, 2.24) is 24.9 Å². The molecule has 0 radical (unpaired) electrons. The summed E-state index contributed by atoms with van der Waals surface area (Å²) in [6.07, 6.45) is 2.34. The molecule has 9 heteroatoms. The predicted octanol–water partition coefficient (Wildman–Crippen LogP) is 1.51. The Morgan fingerprint density at radius 2 is 2.00 bits per heavy atom. The van der Waals surface area contributed by atoms with Gasteiger partial charge in [-0.25, -0.2) is 14.5 Å². The van der Waals surface area contributed by atoms with Gasteiger partial charge in [-0.1, -0.05) is 6.07 Å². The zero-order chi connectivity index (χ0) is 22.1. The molecule has 1 aliphatic heterocycles. The second kappa shape index (κ2) is 8.50. The fourth-order valence-corrected chi connectivity index (χ4v) is 4.11. The van der Waals surface area contributed by atoms with Crippen LogP contribution in [0.3, 0.4) is 0 Å². The minimum Gasteiger partial charge on any atom is -0.372 e. The number of nitrogens with zero attached hydrogens (tertiary/aromatic N) is 4. The van der Waals surface area contributed by atoms with Crippen LogP contribution in [-0.2, 0) is 22.5 Å². The first-order chi connectivity index (χ1) is 14.8. The number of nitrogens with one attached hydrogen (secondary N) is 2. The molecule has 0 aliphatic carbocycles. The first kappa shape index (κ1) is 21.0. The highest BCUT2D eigenvalue weighted by Gasteiger charge is 2.23. The molecule has 0 spiro atoms. The number of carbonyl (C=O) groups is 1. The Kier molecular flexibility index (Phi) is 5.77. The van der Waals surface area contributed by atoms with Crippen LogP contribution in [0.25, 0.3) is 5.65 Å². The van der Waals surface area contributed by atoms with Gasteiger partial charge >= 0.3 is 0 Å². The van der Waals surface area contributed by atoms with Crippen molar-refractivity contribution in [2.45, 2.75) is 52.9 Å². The van der Waals surface area contributed by atoms with Crippen LogP contribution < -0.4 is 15.8 Å². The molecule has 2 unspecified atom stereocenters. The lowest BCUT2D eigenvalue weighted by atomic mass is 10.1. The number of morpholine rings is 1. The molecule has 0 saturated carbocycles. The number of carbonyl (C=O) groups excluding carboxylic acids is 1. The second-order valence-electron chi connectivity index (χ2n) is 8.22. The third-order valence-corrected chi connectivity index (χ3v) is 5.58. The van der Waals surface area contributed by atoms with Gasteiger partial charge in [-0.3, -0.25) is 14.7 Å². The Bertz CT molecular complexity index is 1140. The number of fused-ring (bicyclic) bond motifs is 1. The molecule has 31 heavy (non-hydrogen) atoms. The van der Waals surface area contributed by atoms with Gasteiger partial charge < -0.3 is 15.0 Å². The third kappa shape index (κ3) is 4.61. The molecule has 1 aliphatic rings. The van der Waals surface area contributed by atoms with E-state index in [4.69, 9.17) is 4.74 Å². The van der Waals surface area contributed by atoms with Crippen molar-refractivity contribution in [1.29, 1.82) is 0 Å². The van der Waals surface area contributed by atoms with Crippen LogP contribution in [0, 0.1) is 13.8 Å². The van der Waals surface area contributed by atoms with E-state index in [0.717, 1.165) is 41.4 Å². The van der Waals surface area contributed by atoms with Gasteiger partial charge in [0.2, 0.25) is 5.91 Å². The minimum absolute atomic E-state index is 0.109. The van der Waals surface area contributed by atoms with Crippen molar-refractivity contribution in [2.75, 3.05) is 18.0 Å². The van der Waals surface area contributed by atoms with Crippen molar-refractivity contribution < 1.29 is 9.53 Å². The number of aromatic amines is 1. The minimum atomic E-state index is -0.214. The smallest absolute Gasteiger partial charge is 0.266 e. The molecule has 3 aromatic heterocycles. The molecule has 1 amide bonds. The normalized spacial score (nSPS) is 19.0. The zero-order valence-corrected chi connectivity index (χ0v) is 18.3. The van der Waals surface area contributed by atoms with E-state index in [2.05, 4.69) is 39.1 Å². The molecule has 2 N–H and O–H groups in total. The topological polar surface area (TPSA) is 105 Å². The standard InChI is InChI=1S/C22H28N6O3/c1-13-11-27(12-14(2)31-13)19-6-5-17(9-23-19)10-24-21(29)7-18-15(3)25-20-8-22(30)26-28(20)16(18)4/h5-6,8-9,13-14H,7,10-12H2,1-4H3,(H,24,29)(H,26,30). The Hall–Kier alpha value is -3.20. The summed E-state index contributed by atoms with van der Waals surface area (Å²) >= 11 is 0. The van der Waals surface area contributed by atoms with E-state index in [9.17, 15) is 9.59 Å². The summed E-state index contributed by atoms with van der Waals surface area (Å²) in [4.78, 5) is 35.4. The molecule has 9 nitrogen and oxygen atoms in total. The number of H-pyrrole nitrogens is 1. The van der Waals surface area contributed by atoms with E-state index in [1.54, 1.807) is 10.7 Å². The molecule has 0 aromatic carbocycles. The molecular formula is C22H28N6O3. The Morgan fingerprint density at radius 3 is 2.68 bits per heavy atom. The van der Waals surface area contributed by atoms with Crippen molar-refractivity contribution in [3.8, 4) is 0 Å². The maximum absolute atomic E-state index is 12.6. The van der Waals surface area contributed by atoms with Gasteiger partial charge in [-0.15, -0.1) is 0 Å². The Labute approximate surface area is 180 Å². The number of aryl methyl sites for hydroxylation is 2. The van der Waals surface area contributed by atoms with Crippen molar-refractivity contribution in [3.63, 3.8) is 0 Å². The van der Waals surface area contributed by atoms with E-state index in [1.165, 1.54) is 6.07 Å². The number of ether oxygens (including phenoxy) is 1. The summed E-state index contributed by atoms with van der Waals surface area (Å²) < 4.78 is 7.40. The van der Waals surface area contributed by atoms with Gasteiger partial charge in [0, 0.05) is 48.8 Å². The predicted molar refractivity (Wildman–Crippen MR) is 117 cm³/mol. The quantitative estimate of drug-likeness (QED) is 0.643. The van der Waals surface area contributed by atoms with E-state index in [1.807, 2.05) is 26.0 Å². The second-order valence-corrected chi connectivity index (χ2v) is 8.22. The first-order valence-corrected chi connectivity index (χ1v) is 10.5. The number of hydrogen-bond acceptors (Lipinski definition) is 6. The lowest BCUT2D eigenvalue weighted by molar-refractivity contribution is -0.120. The first-order valence-electron chi connectivity index (χ1n) is 10.5. The molecular weight excluding hydrogens is 396 g/mol. The summed E-state index contributed by atoms with van der Waals surface area (Å²) in [6, 6.07) is 5.42. The van der Waals surface area contributed by atoms with Gasteiger partial charge in [0.05, 0.1) is 18.6 Å². The van der Waals surface area contributed by atoms with Gasteiger partial charge in [0.25, 0.3) is 5.56 Å². The van der Waals surface area contributed by atoms with Gasteiger partial charge in [-0.2, -0.15) is 0 Å². The molecule has 1 saturated heterocycles. The number of aromatic nitrogens is 4. The maximum Gasteiger partial charge on any atom is 0.266 e. The van der Waals surface area contributed by atoms with Crippen LogP contribution >= 0.6 is 0 Å². The molecule has 2 atom stereocenters. The summed E-state index contributed by atoms with van der Waals surface area (Å²) in [5.41, 5.74) is 3.63. The summed E-state index contributed by atoms with van der Waals surface area (Å²) in [5, 5.41) is 5.66. The molecule has 4 heterocycles. The number of hydrogen-bond donors (Lipinski definition) is 2. The molecule has 4 rings (SSSR count).